The van der Waals surface area contributed by atoms with Crippen molar-refractivity contribution in [1.82, 2.24) is 10.2 Å². The predicted octanol–water partition coefficient (Wildman–Crippen LogP) is 1.42. The lowest BCUT2D eigenvalue weighted by molar-refractivity contribution is -0.142. The molecule has 156 valence electrons. The van der Waals surface area contributed by atoms with Gasteiger partial charge in [0.1, 0.15) is 0 Å². The van der Waals surface area contributed by atoms with Crippen LogP contribution in [0, 0.1) is 13.8 Å². The van der Waals surface area contributed by atoms with E-state index >= 15 is 0 Å². The summed E-state index contributed by atoms with van der Waals surface area (Å²) in [6.45, 7) is 8.13. The van der Waals surface area contributed by atoms with Gasteiger partial charge in [0.2, 0.25) is 5.66 Å². The van der Waals surface area contributed by atoms with Gasteiger partial charge >= 0.3 is 12.0 Å². The van der Waals surface area contributed by atoms with E-state index < -0.39 is 23.6 Å². The van der Waals surface area contributed by atoms with Gasteiger partial charge in [-0.15, -0.1) is 0 Å². The van der Waals surface area contributed by atoms with Gasteiger partial charge in [-0.3, -0.25) is 19.8 Å². The van der Waals surface area contributed by atoms with Gasteiger partial charge in [0, 0.05) is 20.6 Å². The Morgan fingerprint density at radius 2 is 1.72 bits per heavy atom. The van der Waals surface area contributed by atoms with E-state index in [9.17, 15) is 14.4 Å². The molecular formula is C20H27N5O4. The highest BCUT2D eigenvalue weighted by molar-refractivity contribution is 6.30. The van der Waals surface area contributed by atoms with Crippen molar-refractivity contribution in [2.24, 2.45) is 4.99 Å². The molecule has 9 nitrogen and oxygen atoms in total. The Morgan fingerprint density at radius 1 is 1.10 bits per heavy atom. The number of aliphatic imine (C=N–C) groups is 1. The Balaban J connectivity index is 2.23. The Bertz CT molecular complexity index is 912. The second-order valence-electron chi connectivity index (χ2n) is 7.18. The topological polar surface area (TPSA) is 94.5 Å². The van der Waals surface area contributed by atoms with Gasteiger partial charge in [0.05, 0.1) is 24.5 Å². The molecule has 0 saturated carbocycles. The standard InChI is InChI=1S/C20H27N5O4/c1-7-25-15-10-13(4)12(3)9-14(15)23(5)17-20(25,21-11-16(26)29-8-2)18(27)24(6)19(28)22-17/h9-10,21H,7-8,11H2,1-6H3. The molecule has 3 rings (SSSR count). The summed E-state index contributed by atoms with van der Waals surface area (Å²) in [5.41, 5.74) is 2.33. The molecule has 1 aromatic rings. The van der Waals surface area contributed by atoms with Crippen molar-refractivity contribution in [3.63, 3.8) is 0 Å². The van der Waals surface area contributed by atoms with Crippen LogP contribution >= 0.6 is 0 Å². The number of fused-ring (bicyclic) bond motifs is 2. The first-order valence-electron chi connectivity index (χ1n) is 9.63. The van der Waals surface area contributed by atoms with Gasteiger partial charge in [-0.05, 0) is 51.0 Å². The number of amidine groups is 1. The summed E-state index contributed by atoms with van der Waals surface area (Å²) in [4.78, 5) is 46.7. The van der Waals surface area contributed by atoms with Gasteiger partial charge in [-0.2, -0.15) is 4.99 Å². The number of hydrogen-bond donors (Lipinski definition) is 1. The van der Waals surface area contributed by atoms with Crippen LogP contribution in [0.1, 0.15) is 25.0 Å². The zero-order valence-electron chi connectivity index (χ0n) is 17.7. The van der Waals surface area contributed by atoms with E-state index in [1.54, 1.807) is 18.9 Å². The summed E-state index contributed by atoms with van der Waals surface area (Å²) in [7, 11) is 3.16. The van der Waals surface area contributed by atoms with Crippen molar-refractivity contribution >= 4 is 35.1 Å². The highest BCUT2D eigenvalue weighted by Crippen LogP contribution is 2.42. The maximum Gasteiger partial charge on any atom is 0.351 e. The van der Waals surface area contributed by atoms with Crippen molar-refractivity contribution in [3.05, 3.63) is 23.3 Å². The number of rotatable bonds is 5. The molecule has 0 bridgehead atoms. The number of carbonyl (C=O) groups excluding carboxylic acids is 3. The second kappa shape index (κ2) is 7.47. The van der Waals surface area contributed by atoms with E-state index in [0.717, 1.165) is 27.4 Å². The first kappa shape index (κ1) is 20.8. The summed E-state index contributed by atoms with van der Waals surface area (Å²) >= 11 is 0. The SMILES string of the molecule is CCOC(=O)CNC12C(=O)N(C)C(=O)N=C1N(C)c1cc(C)c(C)cc1N2CC. The second-order valence-corrected chi connectivity index (χ2v) is 7.18. The molecule has 9 heteroatoms. The molecular weight excluding hydrogens is 374 g/mol. The van der Waals surface area contributed by atoms with Gasteiger partial charge in [-0.25, -0.2) is 4.79 Å². The van der Waals surface area contributed by atoms with E-state index in [-0.39, 0.29) is 19.0 Å². The zero-order chi connectivity index (χ0) is 21.5. The van der Waals surface area contributed by atoms with E-state index in [0.29, 0.717) is 6.54 Å². The fourth-order valence-corrected chi connectivity index (χ4v) is 3.86. The molecule has 1 unspecified atom stereocenters. The quantitative estimate of drug-likeness (QED) is 0.746. The first-order valence-corrected chi connectivity index (χ1v) is 9.63. The van der Waals surface area contributed by atoms with E-state index in [1.807, 2.05) is 37.8 Å². The van der Waals surface area contributed by atoms with Crippen LogP contribution < -0.4 is 15.1 Å². The van der Waals surface area contributed by atoms with Gasteiger partial charge in [-0.1, -0.05) is 0 Å². The third-order valence-corrected chi connectivity index (χ3v) is 5.50. The molecule has 2 aliphatic rings. The highest BCUT2D eigenvalue weighted by atomic mass is 16.5. The van der Waals surface area contributed by atoms with Crippen LogP contribution in [0.15, 0.2) is 17.1 Å². The average Bonchev–Trinajstić information content (AvgIpc) is 2.68. The fraction of sp³-hybridized carbons (Fsp3) is 0.500. The van der Waals surface area contributed by atoms with Crippen molar-refractivity contribution in [2.45, 2.75) is 33.4 Å². The first-order chi connectivity index (χ1) is 13.7. The third kappa shape index (κ3) is 3.05. The lowest BCUT2D eigenvalue weighted by Gasteiger charge is -2.53. The summed E-state index contributed by atoms with van der Waals surface area (Å²) in [6, 6.07) is 3.38. The van der Waals surface area contributed by atoms with Gasteiger partial charge < -0.3 is 14.5 Å². The molecule has 0 aromatic heterocycles. The number of likely N-dealkylation sites (N-methyl/N-ethyl adjacent to an activating group) is 3. The summed E-state index contributed by atoms with van der Waals surface area (Å²) < 4.78 is 5.03. The number of esters is 1. The van der Waals surface area contributed by atoms with Crippen LogP contribution in [0.2, 0.25) is 0 Å². The van der Waals surface area contributed by atoms with Crippen molar-refractivity contribution in [1.29, 1.82) is 0 Å². The molecule has 0 fully saturated rings. The van der Waals surface area contributed by atoms with E-state index in [4.69, 9.17) is 4.74 Å². The van der Waals surface area contributed by atoms with Crippen molar-refractivity contribution < 1.29 is 19.1 Å². The lowest BCUT2D eigenvalue weighted by Crippen LogP contribution is -2.78. The molecule has 0 saturated heterocycles. The number of nitrogens with zero attached hydrogens (tertiary/aromatic N) is 4. The Kier molecular flexibility index (Phi) is 5.36. The predicted molar refractivity (Wildman–Crippen MR) is 110 cm³/mol. The lowest BCUT2D eigenvalue weighted by atomic mass is 9.94. The molecule has 1 aromatic carbocycles. The monoisotopic (exact) mass is 401 g/mol. The van der Waals surface area contributed by atoms with Crippen LogP contribution in [-0.2, 0) is 14.3 Å². The minimum absolute atomic E-state index is 0.203. The molecule has 1 N–H and O–H groups in total. The minimum atomic E-state index is -1.49. The summed E-state index contributed by atoms with van der Waals surface area (Å²) in [5, 5.41) is 3.06. The molecule has 0 radical (unpaired) electrons. The number of carbonyl (C=O) groups is 3. The smallest absolute Gasteiger partial charge is 0.351 e. The Morgan fingerprint density at radius 3 is 2.31 bits per heavy atom. The maximum atomic E-state index is 13.5. The fourth-order valence-electron chi connectivity index (χ4n) is 3.86. The molecule has 0 spiro atoms. The molecule has 2 heterocycles. The zero-order valence-corrected chi connectivity index (χ0v) is 17.7. The van der Waals surface area contributed by atoms with Gasteiger partial charge in [0.15, 0.2) is 5.84 Å². The number of aryl methyl sites for hydroxylation is 2. The number of hydrogen-bond acceptors (Lipinski definition) is 7. The maximum absolute atomic E-state index is 13.5. The number of urea groups is 1. The van der Waals surface area contributed by atoms with Crippen LogP contribution in [-0.4, -0.2) is 68.1 Å². The molecule has 0 aliphatic carbocycles. The third-order valence-electron chi connectivity index (χ3n) is 5.50. The number of ether oxygens (including phenoxy) is 1. The van der Waals surface area contributed by atoms with Crippen molar-refractivity contribution in [3.8, 4) is 0 Å². The molecule has 29 heavy (non-hydrogen) atoms. The molecule has 1 atom stereocenters. The average molecular weight is 401 g/mol. The van der Waals surface area contributed by atoms with Crippen molar-refractivity contribution in [2.75, 3.05) is 43.6 Å². The van der Waals surface area contributed by atoms with Crippen LogP contribution in [0.25, 0.3) is 0 Å². The summed E-state index contributed by atoms with van der Waals surface area (Å²) in [6.07, 6.45) is 0. The number of nitrogens with one attached hydrogen (secondary N) is 1. The minimum Gasteiger partial charge on any atom is -0.465 e. The number of benzene rings is 1. The van der Waals surface area contributed by atoms with Crippen LogP contribution in [0.4, 0.5) is 16.2 Å². The van der Waals surface area contributed by atoms with E-state index in [1.165, 1.54) is 7.05 Å². The van der Waals surface area contributed by atoms with Crippen LogP contribution in [0.3, 0.4) is 0 Å². The summed E-state index contributed by atoms with van der Waals surface area (Å²) in [5.74, 6) is -0.736. The number of anilines is 2. The van der Waals surface area contributed by atoms with Crippen LogP contribution in [0.5, 0.6) is 0 Å². The number of imide groups is 1. The Hall–Kier alpha value is -2.94. The Labute approximate surface area is 170 Å². The molecule has 2 aliphatic heterocycles. The normalized spacial score (nSPS) is 21.0. The van der Waals surface area contributed by atoms with Gasteiger partial charge in [0.25, 0.3) is 5.91 Å². The molecule has 3 amide bonds. The van der Waals surface area contributed by atoms with E-state index in [2.05, 4.69) is 10.3 Å². The highest BCUT2D eigenvalue weighted by Gasteiger charge is 2.58. The largest absolute Gasteiger partial charge is 0.465 e. The number of amides is 3.